The maximum atomic E-state index is 12.5. The van der Waals surface area contributed by atoms with Gasteiger partial charge < -0.3 is 5.32 Å². The van der Waals surface area contributed by atoms with Gasteiger partial charge in [-0.1, -0.05) is 54.6 Å². The zero-order valence-corrected chi connectivity index (χ0v) is 19.2. The molecule has 0 spiro atoms. The molecule has 0 saturated carbocycles. The molecule has 0 saturated heterocycles. The number of hydrogen-bond acceptors (Lipinski definition) is 5. The number of benzene rings is 2. The van der Waals surface area contributed by atoms with Crippen molar-refractivity contribution in [2.24, 2.45) is 0 Å². The number of nitrogens with one attached hydrogen (secondary N) is 1. The lowest BCUT2D eigenvalue weighted by atomic mass is 10.2. The molecular formula is C22H26ClN5OS. The Morgan fingerprint density at radius 1 is 1.20 bits per heavy atom. The van der Waals surface area contributed by atoms with Crippen LogP contribution in [0, 0.1) is 6.92 Å². The fourth-order valence-electron chi connectivity index (χ4n) is 3.23. The fraction of sp³-hybridized carbons (Fsp3) is 0.318. The van der Waals surface area contributed by atoms with Crippen molar-refractivity contribution < 1.29 is 4.79 Å². The number of para-hydroxylation sites is 1. The normalized spacial score (nSPS) is 12.2. The van der Waals surface area contributed by atoms with Gasteiger partial charge in [-0.25, -0.2) is 0 Å². The zero-order valence-electron chi connectivity index (χ0n) is 17.6. The van der Waals surface area contributed by atoms with Crippen molar-refractivity contribution in [1.29, 1.82) is 0 Å². The van der Waals surface area contributed by atoms with Crippen LogP contribution in [0.25, 0.3) is 5.69 Å². The highest BCUT2D eigenvalue weighted by Gasteiger charge is 2.23. The summed E-state index contributed by atoms with van der Waals surface area (Å²) in [6.07, 6.45) is 0.898. The number of rotatable bonds is 8. The van der Waals surface area contributed by atoms with Gasteiger partial charge in [0.1, 0.15) is 0 Å². The van der Waals surface area contributed by atoms with Crippen molar-refractivity contribution >= 4 is 35.0 Å². The molecule has 1 amide bonds. The van der Waals surface area contributed by atoms with E-state index in [0.29, 0.717) is 15.9 Å². The topological polar surface area (TPSA) is 63.1 Å². The molecule has 6 nitrogen and oxygen atoms in total. The molecule has 8 heteroatoms. The Balaban J connectivity index is 1.82. The predicted molar refractivity (Wildman–Crippen MR) is 124 cm³/mol. The lowest BCUT2D eigenvalue weighted by Crippen LogP contribution is -2.23. The Labute approximate surface area is 186 Å². The summed E-state index contributed by atoms with van der Waals surface area (Å²) in [6, 6.07) is 15.7. The highest BCUT2D eigenvalue weighted by Crippen LogP contribution is 2.29. The van der Waals surface area contributed by atoms with E-state index >= 15 is 0 Å². The first-order chi connectivity index (χ1) is 14.4. The molecule has 0 aliphatic heterocycles. The van der Waals surface area contributed by atoms with Gasteiger partial charge in [0.05, 0.1) is 22.5 Å². The number of carbonyl (C=O) groups excluding carboxylic acids is 1. The minimum Gasteiger partial charge on any atom is -0.324 e. The van der Waals surface area contributed by atoms with Crippen LogP contribution in [0.5, 0.6) is 0 Å². The maximum Gasteiger partial charge on any atom is 0.234 e. The SMILES string of the molecule is CCC(c1nnc(SCC(=O)Nc2ccc(C)cc2Cl)n1-c1ccccc1)N(C)C. The number of carbonyl (C=O) groups is 1. The lowest BCUT2D eigenvalue weighted by molar-refractivity contribution is -0.113. The van der Waals surface area contributed by atoms with E-state index in [1.165, 1.54) is 11.8 Å². The van der Waals surface area contributed by atoms with Crippen LogP contribution in [0.3, 0.4) is 0 Å². The highest BCUT2D eigenvalue weighted by molar-refractivity contribution is 7.99. The minimum atomic E-state index is -0.144. The quantitative estimate of drug-likeness (QED) is 0.498. The monoisotopic (exact) mass is 443 g/mol. The second-order valence-electron chi connectivity index (χ2n) is 7.22. The number of anilines is 1. The van der Waals surface area contributed by atoms with Gasteiger partial charge in [0, 0.05) is 5.69 Å². The summed E-state index contributed by atoms with van der Waals surface area (Å²) in [7, 11) is 4.06. The van der Waals surface area contributed by atoms with Crippen molar-refractivity contribution in [2.75, 3.05) is 25.2 Å². The van der Waals surface area contributed by atoms with Crippen LogP contribution in [0.4, 0.5) is 5.69 Å². The molecular weight excluding hydrogens is 418 g/mol. The van der Waals surface area contributed by atoms with Crippen LogP contribution < -0.4 is 5.32 Å². The van der Waals surface area contributed by atoms with Crippen molar-refractivity contribution in [1.82, 2.24) is 19.7 Å². The molecule has 158 valence electrons. The van der Waals surface area contributed by atoms with Gasteiger partial charge in [-0.3, -0.25) is 14.3 Å². The second-order valence-corrected chi connectivity index (χ2v) is 8.57. The number of hydrogen-bond donors (Lipinski definition) is 1. The molecule has 3 aromatic rings. The molecule has 1 aromatic heterocycles. The summed E-state index contributed by atoms with van der Waals surface area (Å²) >= 11 is 7.58. The smallest absolute Gasteiger partial charge is 0.234 e. The van der Waals surface area contributed by atoms with E-state index < -0.39 is 0 Å². The zero-order chi connectivity index (χ0) is 21.7. The molecule has 0 fully saturated rings. The first-order valence-corrected chi connectivity index (χ1v) is 11.1. The van der Waals surface area contributed by atoms with Gasteiger partial charge in [0.15, 0.2) is 11.0 Å². The Bertz CT molecular complexity index is 1010. The minimum absolute atomic E-state index is 0.118. The average Bonchev–Trinajstić information content (AvgIpc) is 3.13. The van der Waals surface area contributed by atoms with E-state index in [0.717, 1.165) is 23.5 Å². The van der Waals surface area contributed by atoms with E-state index in [2.05, 4.69) is 27.3 Å². The van der Waals surface area contributed by atoms with E-state index in [1.807, 2.05) is 74.1 Å². The molecule has 2 aromatic carbocycles. The summed E-state index contributed by atoms with van der Waals surface area (Å²) < 4.78 is 2.03. The van der Waals surface area contributed by atoms with E-state index in [-0.39, 0.29) is 17.7 Å². The number of amides is 1. The van der Waals surface area contributed by atoms with Gasteiger partial charge >= 0.3 is 0 Å². The van der Waals surface area contributed by atoms with Gasteiger partial charge in [-0.05, 0) is 57.3 Å². The van der Waals surface area contributed by atoms with Crippen LogP contribution in [-0.4, -0.2) is 45.4 Å². The first-order valence-electron chi connectivity index (χ1n) is 9.76. The number of thioether (sulfide) groups is 1. The summed E-state index contributed by atoms with van der Waals surface area (Å²) in [5.41, 5.74) is 2.63. The van der Waals surface area contributed by atoms with Crippen molar-refractivity contribution in [2.45, 2.75) is 31.5 Å². The van der Waals surface area contributed by atoms with Crippen LogP contribution in [0.1, 0.15) is 30.8 Å². The lowest BCUT2D eigenvalue weighted by Gasteiger charge is -2.23. The van der Waals surface area contributed by atoms with Crippen LogP contribution >= 0.6 is 23.4 Å². The van der Waals surface area contributed by atoms with Crippen molar-refractivity contribution in [3.63, 3.8) is 0 Å². The highest BCUT2D eigenvalue weighted by atomic mass is 35.5. The largest absolute Gasteiger partial charge is 0.324 e. The van der Waals surface area contributed by atoms with E-state index in [1.54, 1.807) is 0 Å². The van der Waals surface area contributed by atoms with Crippen LogP contribution in [0.2, 0.25) is 5.02 Å². The number of halogens is 1. The third kappa shape index (κ3) is 5.22. The number of nitrogens with zero attached hydrogens (tertiary/aromatic N) is 4. The van der Waals surface area contributed by atoms with Crippen LogP contribution in [-0.2, 0) is 4.79 Å². The molecule has 0 radical (unpaired) electrons. The summed E-state index contributed by atoms with van der Waals surface area (Å²) in [5, 5.41) is 12.9. The standard InChI is InChI=1S/C22H26ClN5OS/c1-5-19(27(3)4)21-25-26-22(28(21)16-9-7-6-8-10-16)30-14-20(29)24-18-12-11-15(2)13-17(18)23/h6-13,19H,5,14H2,1-4H3,(H,24,29). The number of aryl methyl sites for hydroxylation is 1. The Morgan fingerprint density at radius 3 is 2.57 bits per heavy atom. The Morgan fingerprint density at radius 2 is 1.93 bits per heavy atom. The average molecular weight is 444 g/mol. The van der Waals surface area contributed by atoms with Gasteiger partial charge in [-0.15, -0.1) is 10.2 Å². The fourth-order valence-corrected chi connectivity index (χ4v) is 4.27. The molecule has 3 rings (SSSR count). The van der Waals surface area contributed by atoms with E-state index in [4.69, 9.17) is 11.6 Å². The summed E-state index contributed by atoms with van der Waals surface area (Å²) in [5.74, 6) is 0.918. The predicted octanol–water partition coefficient (Wildman–Crippen LogP) is 4.97. The van der Waals surface area contributed by atoms with Crippen LogP contribution in [0.15, 0.2) is 53.7 Å². The molecule has 0 bridgehead atoms. The first kappa shape index (κ1) is 22.3. The maximum absolute atomic E-state index is 12.5. The molecule has 0 aliphatic carbocycles. The van der Waals surface area contributed by atoms with Gasteiger partial charge in [-0.2, -0.15) is 0 Å². The van der Waals surface area contributed by atoms with Gasteiger partial charge in [0.25, 0.3) is 0 Å². The molecule has 1 N–H and O–H groups in total. The van der Waals surface area contributed by atoms with E-state index in [9.17, 15) is 4.79 Å². The molecule has 30 heavy (non-hydrogen) atoms. The summed E-state index contributed by atoms with van der Waals surface area (Å²) in [4.78, 5) is 14.6. The molecule has 0 aliphatic rings. The molecule has 1 heterocycles. The van der Waals surface area contributed by atoms with Crippen molar-refractivity contribution in [3.8, 4) is 5.69 Å². The number of aromatic nitrogens is 3. The summed E-state index contributed by atoms with van der Waals surface area (Å²) in [6.45, 7) is 4.08. The third-order valence-electron chi connectivity index (χ3n) is 4.71. The molecule has 1 unspecified atom stereocenters. The van der Waals surface area contributed by atoms with Gasteiger partial charge in [0.2, 0.25) is 5.91 Å². The Kier molecular flexibility index (Phi) is 7.53. The Hall–Kier alpha value is -2.35. The second kappa shape index (κ2) is 10.1. The third-order valence-corrected chi connectivity index (χ3v) is 5.95. The molecule has 1 atom stereocenters. The van der Waals surface area contributed by atoms with Crippen molar-refractivity contribution in [3.05, 3.63) is 64.9 Å².